The third-order valence-electron chi connectivity index (χ3n) is 4.53. The Balaban J connectivity index is 1.54. The summed E-state index contributed by atoms with van der Waals surface area (Å²) in [6, 6.07) is 10.0. The minimum absolute atomic E-state index is 0.0863. The highest BCUT2D eigenvalue weighted by atomic mass is 32.2. The van der Waals surface area contributed by atoms with Gasteiger partial charge in [0.25, 0.3) is 0 Å². The Kier molecular flexibility index (Phi) is 6.16. The van der Waals surface area contributed by atoms with E-state index in [0.29, 0.717) is 28.8 Å². The standard InChI is InChI=1S/C20H20FN5O2S/c21-16-7-1-2-8-17(16)26-19(14-5-3-9-22-11-14)24-25-20(26)29-13-18(27)23-12-15-6-4-10-28-15/h1-3,5,7-9,11,15H,4,6,10,12-13H2,(H,23,27)/t15-/m1/s1. The summed E-state index contributed by atoms with van der Waals surface area (Å²) in [5.74, 6) is 0.0795. The van der Waals surface area contributed by atoms with Crippen molar-refractivity contribution < 1.29 is 13.9 Å². The average Bonchev–Trinajstić information content (AvgIpc) is 3.42. The minimum atomic E-state index is -0.401. The Morgan fingerprint density at radius 1 is 1.28 bits per heavy atom. The summed E-state index contributed by atoms with van der Waals surface area (Å²) in [6.45, 7) is 1.25. The molecule has 0 spiro atoms. The molecule has 4 rings (SSSR count). The first-order valence-electron chi connectivity index (χ1n) is 9.34. The second-order valence-electron chi connectivity index (χ2n) is 6.56. The maximum Gasteiger partial charge on any atom is 0.230 e. The number of nitrogens with zero attached hydrogens (tertiary/aromatic N) is 4. The van der Waals surface area contributed by atoms with E-state index in [1.165, 1.54) is 17.8 Å². The van der Waals surface area contributed by atoms with Crippen molar-refractivity contribution >= 4 is 17.7 Å². The van der Waals surface area contributed by atoms with Crippen LogP contribution < -0.4 is 5.32 Å². The zero-order valence-corrected chi connectivity index (χ0v) is 16.4. The van der Waals surface area contributed by atoms with Crippen LogP contribution in [0.3, 0.4) is 0 Å². The van der Waals surface area contributed by atoms with Crippen LogP contribution in [0.5, 0.6) is 0 Å². The molecule has 1 N–H and O–H groups in total. The first kappa shape index (κ1) is 19.5. The molecule has 2 aromatic heterocycles. The summed E-state index contributed by atoms with van der Waals surface area (Å²) in [7, 11) is 0. The number of ether oxygens (including phenoxy) is 1. The molecule has 1 atom stereocenters. The number of nitrogens with one attached hydrogen (secondary N) is 1. The van der Waals surface area contributed by atoms with E-state index in [1.807, 2.05) is 6.07 Å². The molecule has 150 valence electrons. The number of aromatic nitrogens is 4. The zero-order chi connectivity index (χ0) is 20.1. The molecule has 1 aliphatic heterocycles. The maximum absolute atomic E-state index is 14.5. The summed E-state index contributed by atoms with van der Waals surface area (Å²) in [6.07, 6.45) is 5.37. The summed E-state index contributed by atoms with van der Waals surface area (Å²) in [5, 5.41) is 11.7. The molecule has 7 nitrogen and oxygen atoms in total. The molecule has 3 heterocycles. The van der Waals surface area contributed by atoms with Gasteiger partial charge in [0.1, 0.15) is 5.82 Å². The van der Waals surface area contributed by atoms with E-state index in [0.717, 1.165) is 19.4 Å². The third kappa shape index (κ3) is 4.63. The molecular formula is C20H20FN5O2S. The van der Waals surface area contributed by atoms with Crippen LogP contribution in [0.2, 0.25) is 0 Å². The molecule has 9 heteroatoms. The molecule has 1 saturated heterocycles. The van der Waals surface area contributed by atoms with E-state index >= 15 is 0 Å². The number of thioether (sulfide) groups is 1. The molecule has 1 amide bonds. The Bertz CT molecular complexity index is 976. The van der Waals surface area contributed by atoms with Crippen LogP contribution in [0.15, 0.2) is 53.9 Å². The molecule has 0 unspecified atom stereocenters. The van der Waals surface area contributed by atoms with Crippen LogP contribution in [-0.4, -0.2) is 50.7 Å². The highest BCUT2D eigenvalue weighted by Gasteiger charge is 2.20. The largest absolute Gasteiger partial charge is 0.376 e. The van der Waals surface area contributed by atoms with Gasteiger partial charge in [0.2, 0.25) is 5.91 Å². The number of para-hydroxylation sites is 1. The lowest BCUT2D eigenvalue weighted by Crippen LogP contribution is -2.32. The minimum Gasteiger partial charge on any atom is -0.376 e. The monoisotopic (exact) mass is 413 g/mol. The van der Waals surface area contributed by atoms with Crippen LogP contribution in [0.1, 0.15) is 12.8 Å². The van der Waals surface area contributed by atoms with Crippen molar-refractivity contribution in [3.05, 3.63) is 54.6 Å². The van der Waals surface area contributed by atoms with Crippen LogP contribution in [-0.2, 0) is 9.53 Å². The van der Waals surface area contributed by atoms with Gasteiger partial charge in [0.05, 0.1) is 17.5 Å². The van der Waals surface area contributed by atoms with Gasteiger partial charge >= 0.3 is 0 Å². The Labute approximate surface area is 171 Å². The number of amides is 1. The van der Waals surface area contributed by atoms with E-state index in [4.69, 9.17) is 4.74 Å². The third-order valence-corrected chi connectivity index (χ3v) is 5.46. The van der Waals surface area contributed by atoms with E-state index in [1.54, 1.807) is 41.2 Å². The highest BCUT2D eigenvalue weighted by Crippen LogP contribution is 2.28. The van der Waals surface area contributed by atoms with Gasteiger partial charge in [-0.1, -0.05) is 23.9 Å². The van der Waals surface area contributed by atoms with E-state index < -0.39 is 5.82 Å². The molecule has 3 aromatic rings. The van der Waals surface area contributed by atoms with E-state index in [-0.39, 0.29) is 17.8 Å². The lowest BCUT2D eigenvalue weighted by molar-refractivity contribution is -0.119. The van der Waals surface area contributed by atoms with Gasteiger partial charge in [-0.2, -0.15) is 0 Å². The second-order valence-corrected chi connectivity index (χ2v) is 7.50. The van der Waals surface area contributed by atoms with Crippen molar-refractivity contribution in [2.24, 2.45) is 0 Å². The number of pyridine rings is 1. The predicted octanol–water partition coefficient (Wildman–Crippen LogP) is 2.86. The van der Waals surface area contributed by atoms with Gasteiger partial charge in [-0.05, 0) is 37.1 Å². The number of benzene rings is 1. The van der Waals surface area contributed by atoms with Crippen molar-refractivity contribution in [1.82, 2.24) is 25.1 Å². The fraction of sp³-hybridized carbons (Fsp3) is 0.300. The molecule has 1 fully saturated rings. The molecule has 0 aliphatic carbocycles. The number of carbonyl (C=O) groups is 1. The van der Waals surface area contributed by atoms with E-state index in [9.17, 15) is 9.18 Å². The lowest BCUT2D eigenvalue weighted by atomic mass is 10.2. The lowest BCUT2D eigenvalue weighted by Gasteiger charge is -2.12. The van der Waals surface area contributed by atoms with Crippen molar-refractivity contribution in [3.8, 4) is 17.1 Å². The topological polar surface area (TPSA) is 81.9 Å². The number of carbonyl (C=O) groups excluding carboxylic acids is 1. The SMILES string of the molecule is O=C(CSc1nnc(-c2cccnc2)n1-c1ccccc1F)NC[C@H]1CCCO1. The van der Waals surface area contributed by atoms with Crippen LogP contribution in [0, 0.1) is 5.82 Å². The Morgan fingerprint density at radius 2 is 2.17 bits per heavy atom. The van der Waals surface area contributed by atoms with Crippen molar-refractivity contribution in [3.63, 3.8) is 0 Å². The molecule has 0 radical (unpaired) electrons. The summed E-state index contributed by atoms with van der Waals surface area (Å²) in [4.78, 5) is 16.3. The highest BCUT2D eigenvalue weighted by molar-refractivity contribution is 7.99. The quantitative estimate of drug-likeness (QED) is 0.600. The normalized spacial score (nSPS) is 16.1. The van der Waals surface area contributed by atoms with Crippen LogP contribution >= 0.6 is 11.8 Å². The summed E-state index contributed by atoms with van der Waals surface area (Å²) < 4.78 is 21.7. The number of hydrogen-bond donors (Lipinski definition) is 1. The zero-order valence-electron chi connectivity index (χ0n) is 15.6. The predicted molar refractivity (Wildman–Crippen MR) is 107 cm³/mol. The second kappa shape index (κ2) is 9.15. The van der Waals surface area contributed by atoms with Gasteiger partial charge < -0.3 is 10.1 Å². The Hall–Kier alpha value is -2.78. The number of hydrogen-bond acceptors (Lipinski definition) is 6. The van der Waals surface area contributed by atoms with Crippen molar-refractivity contribution in [2.75, 3.05) is 18.9 Å². The first-order chi connectivity index (χ1) is 14.2. The fourth-order valence-corrected chi connectivity index (χ4v) is 3.88. The molecule has 0 bridgehead atoms. The van der Waals surface area contributed by atoms with Gasteiger partial charge in [0, 0.05) is 31.1 Å². The van der Waals surface area contributed by atoms with Gasteiger partial charge in [-0.25, -0.2) is 4.39 Å². The fourth-order valence-electron chi connectivity index (χ4n) is 3.11. The number of halogens is 1. The molecule has 29 heavy (non-hydrogen) atoms. The molecule has 0 saturated carbocycles. The average molecular weight is 413 g/mol. The molecule has 1 aliphatic rings. The van der Waals surface area contributed by atoms with Crippen molar-refractivity contribution in [1.29, 1.82) is 0 Å². The van der Waals surface area contributed by atoms with E-state index in [2.05, 4.69) is 20.5 Å². The molecular weight excluding hydrogens is 393 g/mol. The van der Waals surface area contributed by atoms with Gasteiger partial charge in [-0.3, -0.25) is 14.3 Å². The first-order valence-corrected chi connectivity index (χ1v) is 10.3. The van der Waals surface area contributed by atoms with Crippen molar-refractivity contribution in [2.45, 2.75) is 24.1 Å². The Morgan fingerprint density at radius 3 is 2.93 bits per heavy atom. The summed E-state index contributed by atoms with van der Waals surface area (Å²) >= 11 is 1.21. The van der Waals surface area contributed by atoms with Crippen LogP contribution in [0.4, 0.5) is 4.39 Å². The summed E-state index contributed by atoms with van der Waals surface area (Å²) in [5.41, 5.74) is 1.02. The molecule has 1 aromatic carbocycles. The van der Waals surface area contributed by atoms with Gasteiger partial charge in [-0.15, -0.1) is 10.2 Å². The smallest absolute Gasteiger partial charge is 0.230 e. The number of rotatable bonds is 7. The maximum atomic E-state index is 14.5. The van der Waals surface area contributed by atoms with Crippen LogP contribution in [0.25, 0.3) is 17.1 Å². The van der Waals surface area contributed by atoms with Gasteiger partial charge in [0.15, 0.2) is 11.0 Å².